The molecule has 1 atom stereocenters. The third-order valence-electron chi connectivity index (χ3n) is 5.70. The van der Waals surface area contributed by atoms with E-state index in [-0.39, 0.29) is 17.8 Å². The molecule has 2 aromatic heterocycles. The van der Waals surface area contributed by atoms with Crippen LogP contribution in [0.3, 0.4) is 0 Å². The Morgan fingerprint density at radius 2 is 1.97 bits per heavy atom. The topological polar surface area (TPSA) is 89.9 Å². The van der Waals surface area contributed by atoms with Gasteiger partial charge in [0.15, 0.2) is 0 Å². The number of carbonyl (C=O) groups excluding carboxylic acids is 1. The zero-order valence-corrected chi connectivity index (χ0v) is 17.7. The van der Waals surface area contributed by atoms with E-state index in [0.29, 0.717) is 41.2 Å². The van der Waals surface area contributed by atoms with Crippen LogP contribution >= 0.6 is 0 Å². The summed E-state index contributed by atoms with van der Waals surface area (Å²) in [5.41, 5.74) is 3.08. The molecule has 0 radical (unpaired) electrons. The van der Waals surface area contributed by atoms with Gasteiger partial charge in [0.1, 0.15) is 11.9 Å². The summed E-state index contributed by atoms with van der Waals surface area (Å²) in [6.07, 6.45) is 4.62. The Morgan fingerprint density at radius 1 is 1.16 bits per heavy atom. The minimum atomic E-state index is -0.409. The first-order valence-corrected chi connectivity index (χ1v) is 10.4. The van der Waals surface area contributed by atoms with E-state index >= 15 is 0 Å². The van der Waals surface area contributed by atoms with E-state index < -0.39 is 5.82 Å². The lowest BCUT2D eigenvalue weighted by atomic mass is 10.1. The molecule has 162 valence electrons. The third-order valence-corrected chi connectivity index (χ3v) is 5.70. The standard InChI is InChI=1S/C23H21FN6O2/c1-14-8-9-18(30-25-10-11-26-30)16(13-14)23(31)29-12-4-7-19(29)22-27-21(28-32-22)20-15(2)5-3-6-17(20)24/h3,5-6,8-11,13,19H,4,7,12H2,1-2H3. The summed E-state index contributed by atoms with van der Waals surface area (Å²) in [6.45, 7) is 4.28. The minimum absolute atomic E-state index is 0.162. The maximum absolute atomic E-state index is 14.4. The fourth-order valence-electron chi connectivity index (χ4n) is 4.14. The Hall–Kier alpha value is -3.88. The molecule has 5 rings (SSSR count). The summed E-state index contributed by atoms with van der Waals surface area (Å²) in [5.74, 6) is -0.0787. The van der Waals surface area contributed by atoms with Crippen LogP contribution in [0.2, 0.25) is 0 Å². The Kier molecular flexibility index (Phi) is 5.01. The van der Waals surface area contributed by atoms with Crippen LogP contribution in [0, 0.1) is 19.7 Å². The van der Waals surface area contributed by atoms with E-state index in [0.717, 1.165) is 12.0 Å². The lowest BCUT2D eigenvalue weighted by molar-refractivity contribution is 0.0709. The van der Waals surface area contributed by atoms with Gasteiger partial charge in [0.05, 0.1) is 29.2 Å². The van der Waals surface area contributed by atoms with Crippen LogP contribution in [0.15, 0.2) is 53.3 Å². The van der Waals surface area contributed by atoms with Gasteiger partial charge in [0.2, 0.25) is 11.7 Å². The molecular formula is C23H21FN6O2. The Labute approximate surface area is 183 Å². The van der Waals surface area contributed by atoms with Crippen molar-refractivity contribution in [3.8, 4) is 17.1 Å². The molecule has 2 aromatic carbocycles. The zero-order chi connectivity index (χ0) is 22.2. The van der Waals surface area contributed by atoms with Gasteiger partial charge in [-0.25, -0.2) is 4.39 Å². The van der Waals surface area contributed by atoms with Gasteiger partial charge >= 0.3 is 0 Å². The van der Waals surface area contributed by atoms with Crippen molar-refractivity contribution in [2.45, 2.75) is 32.7 Å². The van der Waals surface area contributed by atoms with Gasteiger partial charge in [-0.3, -0.25) is 4.79 Å². The molecule has 0 saturated carbocycles. The van der Waals surface area contributed by atoms with Gasteiger partial charge in [-0.2, -0.15) is 20.0 Å². The van der Waals surface area contributed by atoms with Crippen molar-refractivity contribution in [2.24, 2.45) is 0 Å². The van der Waals surface area contributed by atoms with E-state index in [1.54, 1.807) is 36.4 Å². The molecule has 1 amide bonds. The summed E-state index contributed by atoms with van der Waals surface area (Å²) in [4.78, 5) is 21.2. The Balaban J connectivity index is 1.49. The monoisotopic (exact) mass is 432 g/mol. The summed E-state index contributed by atoms with van der Waals surface area (Å²) < 4.78 is 19.9. The quantitative estimate of drug-likeness (QED) is 0.483. The number of amides is 1. The largest absolute Gasteiger partial charge is 0.337 e. The van der Waals surface area contributed by atoms with Crippen molar-refractivity contribution in [3.63, 3.8) is 0 Å². The van der Waals surface area contributed by atoms with Crippen LogP contribution < -0.4 is 0 Å². The van der Waals surface area contributed by atoms with Crippen molar-refractivity contribution in [2.75, 3.05) is 6.54 Å². The number of hydrogen-bond donors (Lipinski definition) is 0. The van der Waals surface area contributed by atoms with Crippen molar-refractivity contribution in [3.05, 3.63) is 77.2 Å². The summed E-state index contributed by atoms with van der Waals surface area (Å²) in [6, 6.07) is 10.0. The maximum Gasteiger partial charge on any atom is 0.256 e. The molecule has 9 heteroatoms. The number of likely N-dealkylation sites (tertiary alicyclic amines) is 1. The second kappa shape index (κ2) is 7.99. The fourth-order valence-corrected chi connectivity index (χ4v) is 4.14. The number of nitrogens with zero attached hydrogens (tertiary/aromatic N) is 6. The van der Waals surface area contributed by atoms with Crippen LogP contribution in [0.1, 0.15) is 46.3 Å². The highest BCUT2D eigenvalue weighted by Crippen LogP contribution is 2.35. The molecule has 3 heterocycles. The highest BCUT2D eigenvalue weighted by atomic mass is 19.1. The zero-order valence-electron chi connectivity index (χ0n) is 17.7. The lowest BCUT2D eigenvalue weighted by Crippen LogP contribution is -2.31. The molecule has 0 aliphatic carbocycles. The normalized spacial score (nSPS) is 16.0. The molecular weight excluding hydrogens is 411 g/mol. The van der Waals surface area contributed by atoms with Crippen LogP contribution in [0.25, 0.3) is 17.1 Å². The summed E-state index contributed by atoms with van der Waals surface area (Å²) in [7, 11) is 0. The predicted octanol–water partition coefficient (Wildman–Crippen LogP) is 4.05. The van der Waals surface area contributed by atoms with Crippen molar-refractivity contribution >= 4 is 5.91 Å². The molecule has 1 fully saturated rings. The van der Waals surface area contributed by atoms with E-state index in [2.05, 4.69) is 20.3 Å². The number of aryl methyl sites for hydroxylation is 2. The number of carbonyl (C=O) groups is 1. The van der Waals surface area contributed by atoms with Crippen LogP contribution in [-0.4, -0.2) is 42.5 Å². The molecule has 32 heavy (non-hydrogen) atoms. The average Bonchev–Trinajstić information content (AvgIpc) is 3.54. The van der Waals surface area contributed by atoms with E-state index in [4.69, 9.17) is 4.52 Å². The fraction of sp³-hybridized carbons (Fsp3) is 0.261. The number of halogens is 1. The highest BCUT2D eigenvalue weighted by Gasteiger charge is 2.36. The smallest absolute Gasteiger partial charge is 0.256 e. The lowest BCUT2D eigenvalue weighted by Gasteiger charge is -2.23. The van der Waals surface area contributed by atoms with Gasteiger partial charge in [-0.1, -0.05) is 28.9 Å². The Bertz CT molecular complexity index is 1260. The number of hydrogen-bond acceptors (Lipinski definition) is 6. The number of aromatic nitrogens is 5. The maximum atomic E-state index is 14.4. The number of benzene rings is 2. The first kappa shape index (κ1) is 20.0. The number of rotatable bonds is 4. The molecule has 4 aromatic rings. The van der Waals surface area contributed by atoms with Crippen molar-refractivity contribution in [1.29, 1.82) is 0 Å². The van der Waals surface area contributed by atoms with Crippen molar-refractivity contribution in [1.82, 2.24) is 30.0 Å². The van der Waals surface area contributed by atoms with E-state index in [9.17, 15) is 9.18 Å². The first-order valence-electron chi connectivity index (χ1n) is 10.4. The summed E-state index contributed by atoms with van der Waals surface area (Å²) in [5, 5.41) is 12.4. The van der Waals surface area contributed by atoms with Gasteiger partial charge in [-0.05, 0) is 50.5 Å². The Morgan fingerprint density at radius 3 is 2.75 bits per heavy atom. The molecule has 1 aliphatic heterocycles. The highest BCUT2D eigenvalue weighted by molar-refractivity contribution is 5.98. The molecule has 0 bridgehead atoms. The van der Waals surface area contributed by atoms with Gasteiger partial charge in [-0.15, -0.1) is 0 Å². The van der Waals surface area contributed by atoms with Crippen molar-refractivity contribution < 1.29 is 13.7 Å². The van der Waals surface area contributed by atoms with Gasteiger partial charge < -0.3 is 9.42 Å². The van der Waals surface area contributed by atoms with Gasteiger partial charge in [0, 0.05) is 6.54 Å². The van der Waals surface area contributed by atoms with E-state index in [1.165, 1.54) is 10.9 Å². The first-order chi connectivity index (χ1) is 15.5. The van der Waals surface area contributed by atoms with Crippen LogP contribution in [-0.2, 0) is 0 Å². The van der Waals surface area contributed by atoms with Crippen LogP contribution in [0.4, 0.5) is 4.39 Å². The molecule has 1 saturated heterocycles. The molecule has 1 unspecified atom stereocenters. The SMILES string of the molecule is Cc1ccc(-n2nccn2)c(C(=O)N2CCCC2c2nc(-c3c(C)cccc3F)no2)c1. The summed E-state index contributed by atoms with van der Waals surface area (Å²) >= 11 is 0. The second-order valence-corrected chi connectivity index (χ2v) is 7.88. The second-order valence-electron chi connectivity index (χ2n) is 7.88. The average molecular weight is 432 g/mol. The molecule has 1 aliphatic rings. The van der Waals surface area contributed by atoms with Gasteiger partial charge in [0.25, 0.3) is 5.91 Å². The molecule has 8 nitrogen and oxygen atoms in total. The van der Waals surface area contributed by atoms with Crippen LogP contribution in [0.5, 0.6) is 0 Å². The molecule has 0 N–H and O–H groups in total. The minimum Gasteiger partial charge on any atom is -0.337 e. The third kappa shape index (κ3) is 3.45. The van der Waals surface area contributed by atoms with E-state index in [1.807, 2.05) is 25.1 Å². The molecule has 0 spiro atoms. The predicted molar refractivity (Wildman–Crippen MR) is 114 cm³/mol.